The van der Waals surface area contributed by atoms with Gasteiger partial charge in [-0.05, 0) is 37.6 Å². The Bertz CT molecular complexity index is 1320. The SMILES string of the molecule is CCCCn1c(=O)[nH]c(=O)c2c1nc(CNc1ccc(-n3cccn3)c(F)c1)n2CC. The Hall–Kier alpha value is -3.69. The second-order valence-electron chi connectivity index (χ2n) is 7.18. The predicted octanol–water partition coefficient (Wildman–Crippen LogP) is 2.64. The van der Waals surface area contributed by atoms with Crippen LogP contribution in [-0.2, 0) is 19.6 Å². The van der Waals surface area contributed by atoms with Crippen LogP contribution < -0.4 is 16.6 Å². The van der Waals surface area contributed by atoms with Gasteiger partial charge in [0.1, 0.15) is 11.5 Å². The number of fused-ring (bicyclic) bond motifs is 1. The lowest BCUT2D eigenvalue weighted by Gasteiger charge is -2.10. The molecule has 4 aromatic rings. The molecule has 0 atom stereocenters. The number of aromatic nitrogens is 6. The van der Waals surface area contributed by atoms with Gasteiger partial charge in [-0.15, -0.1) is 0 Å². The third-order valence-corrected chi connectivity index (χ3v) is 5.17. The van der Waals surface area contributed by atoms with Crippen molar-refractivity contribution >= 4 is 16.9 Å². The Labute approximate surface area is 177 Å². The number of unbranched alkanes of at least 4 members (excludes halogenated alkanes) is 1. The highest BCUT2D eigenvalue weighted by Crippen LogP contribution is 2.19. The zero-order valence-electron chi connectivity index (χ0n) is 17.4. The molecule has 0 fully saturated rings. The van der Waals surface area contributed by atoms with Crippen molar-refractivity contribution in [1.82, 2.24) is 28.9 Å². The molecule has 3 heterocycles. The van der Waals surface area contributed by atoms with Crippen molar-refractivity contribution in [2.45, 2.75) is 46.3 Å². The number of imidazole rings is 1. The van der Waals surface area contributed by atoms with Crippen LogP contribution in [0.5, 0.6) is 0 Å². The van der Waals surface area contributed by atoms with Crippen LogP contribution in [0.4, 0.5) is 10.1 Å². The normalized spacial score (nSPS) is 11.3. The quantitative estimate of drug-likeness (QED) is 0.452. The zero-order valence-corrected chi connectivity index (χ0v) is 17.4. The van der Waals surface area contributed by atoms with E-state index in [0.29, 0.717) is 41.5 Å². The van der Waals surface area contributed by atoms with E-state index in [2.05, 4.69) is 20.4 Å². The lowest BCUT2D eigenvalue weighted by atomic mass is 10.2. The van der Waals surface area contributed by atoms with Gasteiger partial charge in [-0.2, -0.15) is 5.10 Å². The van der Waals surface area contributed by atoms with Crippen molar-refractivity contribution in [3.63, 3.8) is 0 Å². The van der Waals surface area contributed by atoms with E-state index in [9.17, 15) is 14.0 Å². The van der Waals surface area contributed by atoms with Gasteiger partial charge in [0.05, 0.1) is 6.54 Å². The summed E-state index contributed by atoms with van der Waals surface area (Å²) in [5, 5.41) is 7.20. The summed E-state index contributed by atoms with van der Waals surface area (Å²) in [6.45, 7) is 5.20. The summed E-state index contributed by atoms with van der Waals surface area (Å²) in [5.41, 5.74) is 0.755. The minimum Gasteiger partial charge on any atom is -0.378 e. The Balaban J connectivity index is 1.66. The maximum Gasteiger partial charge on any atom is 0.330 e. The largest absolute Gasteiger partial charge is 0.378 e. The lowest BCUT2D eigenvalue weighted by Crippen LogP contribution is -2.31. The summed E-state index contributed by atoms with van der Waals surface area (Å²) in [6, 6.07) is 6.51. The van der Waals surface area contributed by atoms with E-state index in [-0.39, 0.29) is 6.54 Å². The predicted molar refractivity (Wildman–Crippen MR) is 116 cm³/mol. The number of hydrogen-bond acceptors (Lipinski definition) is 5. The van der Waals surface area contributed by atoms with Crippen LogP contribution in [0.15, 0.2) is 46.2 Å². The van der Waals surface area contributed by atoms with Crippen molar-refractivity contribution in [2.75, 3.05) is 5.32 Å². The molecular formula is C21H24FN7O2. The molecule has 31 heavy (non-hydrogen) atoms. The van der Waals surface area contributed by atoms with Crippen LogP contribution in [0.1, 0.15) is 32.5 Å². The van der Waals surface area contributed by atoms with Crippen LogP contribution in [0.3, 0.4) is 0 Å². The summed E-state index contributed by atoms with van der Waals surface area (Å²) in [7, 11) is 0. The molecule has 0 unspecified atom stereocenters. The van der Waals surface area contributed by atoms with Gasteiger partial charge in [0, 0.05) is 31.2 Å². The molecule has 1 aromatic carbocycles. The van der Waals surface area contributed by atoms with Gasteiger partial charge in [0.15, 0.2) is 17.0 Å². The molecule has 0 saturated carbocycles. The number of aryl methyl sites for hydroxylation is 2. The molecule has 0 spiro atoms. The number of anilines is 1. The smallest absolute Gasteiger partial charge is 0.330 e. The van der Waals surface area contributed by atoms with Crippen LogP contribution in [0.2, 0.25) is 0 Å². The van der Waals surface area contributed by atoms with Gasteiger partial charge in [-0.25, -0.2) is 18.9 Å². The Morgan fingerprint density at radius 1 is 1.19 bits per heavy atom. The maximum absolute atomic E-state index is 14.5. The first-order valence-electron chi connectivity index (χ1n) is 10.3. The molecule has 0 bridgehead atoms. The zero-order chi connectivity index (χ0) is 22.0. The molecule has 0 radical (unpaired) electrons. The first kappa shape index (κ1) is 20.6. The molecule has 9 nitrogen and oxygen atoms in total. The second-order valence-corrected chi connectivity index (χ2v) is 7.18. The molecule has 0 aliphatic heterocycles. The third kappa shape index (κ3) is 3.88. The number of nitrogens with zero attached hydrogens (tertiary/aromatic N) is 5. The van der Waals surface area contributed by atoms with Gasteiger partial charge in [0.25, 0.3) is 5.56 Å². The summed E-state index contributed by atoms with van der Waals surface area (Å²) in [6.07, 6.45) is 4.97. The van der Waals surface area contributed by atoms with Crippen LogP contribution in [0, 0.1) is 5.82 Å². The van der Waals surface area contributed by atoms with Gasteiger partial charge in [-0.1, -0.05) is 13.3 Å². The van der Waals surface area contributed by atoms with E-state index >= 15 is 0 Å². The fourth-order valence-corrected chi connectivity index (χ4v) is 3.61. The molecule has 0 aliphatic carbocycles. The molecule has 2 N–H and O–H groups in total. The minimum absolute atomic E-state index is 0.268. The first-order chi connectivity index (χ1) is 15.0. The van der Waals surface area contributed by atoms with E-state index in [0.717, 1.165) is 12.8 Å². The lowest BCUT2D eigenvalue weighted by molar-refractivity contribution is 0.611. The maximum atomic E-state index is 14.5. The molecular weight excluding hydrogens is 401 g/mol. The van der Waals surface area contributed by atoms with Crippen molar-refractivity contribution in [2.24, 2.45) is 0 Å². The van der Waals surface area contributed by atoms with Crippen LogP contribution >= 0.6 is 0 Å². The molecule has 0 amide bonds. The standard InChI is InChI=1S/C21H24FN7O2/c1-3-5-10-28-19-18(20(30)26-21(28)31)27(4-2)17(25-19)13-23-14-7-8-16(15(22)12-14)29-11-6-9-24-29/h6-9,11-12,23H,3-5,10,13H2,1-2H3,(H,26,30,31). The number of nitrogens with one attached hydrogen (secondary N) is 2. The van der Waals surface area contributed by atoms with E-state index in [1.807, 2.05) is 13.8 Å². The van der Waals surface area contributed by atoms with E-state index in [1.54, 1.807) is 35.2 Å². The Kier molecular flexibility index (Phi) is 5.70. The van der Waals surface area contributed by atoms with Crippen molar-refractivity contribution < 1.29 is 4.39 Å². The number of rotatable bonds is 8. The van der Waals surface area contributed by atoms with Crippen molar-refractivity contribution in [3.05, 3.63) is 69.1 Å². The number of benzene rings is 1. The Morgan fingerprint density at radius 2 is 2.03 bits per heavy atom. The number of aromatic amines is 1. The Morgan fingerprint density at radius 3 is 2.71 bits per heavy atom. The summed E-state index contributed by atoms with van der Waals surface area (Å²) in [4.78, 5) is 31.8. The van der Waals surface area contributed by atoms with Gasteiger partial charge < -0.3 is 9.88 Å². The van der Waals surface area contributed by atoms with E-state index in [4.69, 9.17) is 0 Å². The highest BCUT2D eigenvalue weighted by Gasteiger charge is 2.17. The van der Waals surface area contributed by atoms with Crippen molar-refractivity contribution in [1.29, 1.82) is 0 Å². The van der Waals surface area contributed by atoms with Crippen molar-refractivity contribution in [3.8, 4) is 5.69 Å². The second kappa shape index (κ2) is 8.58. The van der Waals surface area contributed by atoms with Gasteiger partial charge in [-0.3, -0.25) is 14.3 Å². The number of halogens is 1. The van der Waals surface area contributed by atoms with Gasteiger partial charge >= 0.3 is 5.69 Å². The topological polar surface area (TPSA) is 103 Å². The summed E-state index contributed by atoms with van der Waals surface area (Å²) >= 11 is 0. The molecule has 162 valence electrons. The third-order valence-electron chi connectivity index (χ3n) is 5.17. The fraction of sp³-hybridized carbons (Fsp3) is 0.333. The molecule has 4 rings (SSSR count). The van der Waals surface area contributed by atoms with E-state index < -0.39 is 17.1 Å². The summed E-state index contributed by atoms with van der Waals surface area (Å²) < 4.78 is 19.3. The highest BCUT2D eigenvalue weighted by molar-refractivity contribution is 5.71. The average molecular weight is 425 g/mol. The van der Waals surface area contributed by atoms with E-state index in [1.165, 1.54) is 15.3 Å². The average Bonchev–Trinajstić information content (AvgIpc) is 3.40. The molecule has 0 saturated heterocycles. The minimum atomic E-state index is -0.456. The monoisotopic (exact) mass is 425 g/mol. The van der Waals surface area contributed by atoms with Crippen LogP contribution in [0.25, 0.3) is 16.9 Å². The first-order valence-corrected chi connectivity index (χ1v) is 10.3. The number of H-pyrrole nitrogens is 1. The fourth-order valence-electron chi connectivity index (χ4n) is 3.61. The van der Waals surface area contributed by atoms with Gasteiger partial charge in [0.2, 0.25) is 0 Å². The van der Waals surface area contributed by atoms with Crippen LogP contribution in [-0.4, -0.2) is 28.9 Å². The number of hydrogen-bond donors (Lipinski definition) is 2. The molecule has 3 aromatic heterocycles. The highest BCUT2D eigenvalue weighted by atomic mass is 19.1. The summed E-state index contributed by atoms with van der Waals surface area (Å²) in [5.74, 6) is 0.179. The molecule has 0 aliphatic rings. The molecule has 10 heteroatoms.